The molecule has 0 aliphatic heterocycles. The molecular weight excluding hydrogens is 312 g/mol. The quantitative estimate of drug-likeness (QED) is 0.550. The van der Waals surface area contributed by atoms with Crippen LogP contribution >= 0.6 is 0 Å². The Bertz CT molecular complexity index is 788. The molecular formula is C22H26O3. The van der Waals surface area contributed by atoms with E-state index in [9.17, 15) is 4.79 Å². The molecule has 0 bridgehead atoms. The molecule has 3 nitrogen and oxygen atoms in total. The van der Waals surface area contributed by atoms with Crippen molar-refractivity contribution >= 4 is 5.97 Å². The number of aryl methyl sites for hydroxylation is 3. The summed E-state index contributed by atoms with van der Waals surface area (Å²) in [5, 5.41) is 0. The summed E-state index contributed by atoms with van der Waals surface area (Å²) in [6.45, 7) is 10.0. The average molecular weight is 338 g/mol. The van der Waals surface area contributed by atoms with Crippen molar-refractivity contribution in [1.29, 1.82) is 0 Å². The molecule has 0 saturated carbocycles. The van der Waals surface area contributed by atoms with E-state index in [1.807, 2.05) is 39.0 Å². The van der Waals surface area contributed by atoms with Gasteiger partial charge in [-0.15, -0.1) is 0 Å². The molecule has 0 saturated heterocycles. The summed E-state index contributed by atoms with van der Waals surface area (Å²) in [6.07, 6.45) is 2.27. The third-order valence-corrected chi connectivity index (χ3v) is 4.35. The van der Waals surface area contributed by atoms with E-state index in [1.54, 1.807) is 0 Å². The highest BCUT2D eigenvalue weighted by molar-refractivity contribution is 5.71. The first-order valence-corrected chi connectivity index (χ1v) is 8.47. The fraction of sp³-hybridized carbons (Fsp3) is 0.318. The maximum Gasteiger partial charge on any atom is 0.348 e. The minimum atomic E-state index is -0.402. The SMILES string of the molecule is C/C(=C\OC(=O)COc1cccc(C)c1C)Cc1ccc(C)c(C)c1. The molecule has 25 heavy (non-hydrogen) atoms. The number of hydrogen-bond acceptors (Lipinski definition) is 3. The third-order valence-electron chi connectivity index (χ3n) is 4.35. The normalized spacial score (nSPS) is 11.3. The zero-order valence-electron chi connectivity index (χ0n) is 15.7. The van der Waals surface area contributed by atoms with Crippen molar-refractivity contribution < 1.29 is 14.3 Å². The molecule has 2 aromatic rings. The Morgan fingerprint density at radius 2 is 1.76 bits per heavy atom. The Kier molecular flexibility index (Phi) is 6.40. The van der Waals surface area contributed by atoms with Crippen LogP contribution in [0.4, 0.5) is 0 Å². The van der Waals surface area contributed by atoms with Crippen LogP contribution in [0.1, 0.15) is 34.7 Å². The largest absolute Gasteiger partial charge is 0.482 e. The predicted molar refractivity (Wildman–Crippen MR) is 101 cm³/mol. The number of carbonyl (C=O) groups is 1. The van der Waals surface area contributed by atoms with E-state index in [-0.39, 0.29) is 6.61 Å². The molecule has 0 fully saturated rings. The van der Waals surface area contributed by atoms with Gasteiger partial charge in [-0.25, -0.2) is 4.79 Å². The number of hydrogen-bond donors (Lipinski definition) is 0. The van der Waals surface area contributed by atoms with E-state index in [0.717, 1.165) is 23.1 Å². The summed E-state index contributed by atoms with van der Waals surface area (Å²) >= 11 is 0. The molecule has 0 N–H and O–H groups in total. The summed E-state index contributed by atoms with van der Waals surface area (Å²) in [7, 11) is 0. The number of ether oxygens (including phenoxy) is 2. The monoisotopic (exact) mass is 338 g/mol. The van der Waals surface area contributed by atoms with Gasteiger partial charge in [0.2, 0.25) is 0 Å². The topological polar surface area (TPSA) is 35.5 Å². The number of benzene rings is 2. The van der Waals surface area contributed by atoms with Gasteiger partial charge in [0.1, 0.15) is 5.75 Å². The molecule has 0 spiro atoms. The van der Waals surface area contributed by atoms with Crippen LogP contribution in [0.25, 0.3) is 0 Å². The third kappa shape index (κ3) is 5.49. The summed E-state index contributed by atoms with van der Waals surface area (Å²) < 4.78 is 10.8. The smallest absolute Gasteiger partial charge is 0.348 e. The molecule has 0 aliphatic carbocycles. The van der Waals surface area contributed by atoms with Gasteiger partial charge in [-0.1, -0.05) is 30.3 Å². The molecule has 0 atom stereocenters. The molecule has 0 radical (unpaired) electrons. The van der Waals surface area contributed by atoms with E-state index < -0.39 is 5.97 Å². The summed E-state index contributed by atoms with van der Waals surface area (Å²) in [5.74, 6) is 0.313. The first kappa shape index (κ1) is 18.8. The fourth-order valence-corrected chi connectivity index (χ4v) is 2.49. The molecule has 0 amide bonds. The standard InChI is InChI=1S/C22H26O3/c1-15(11-20-10-9-16(2)18(4)12-20)13-25-22(23)14-24-21-8-6-7-17(3)19(21)5/h6-10,12-13H,11,14H2,1-5H3/b15-13+. The molecule has 0 heterocycles. The van der Waals surface area contributed by atoms with Gasteiger partial charge in [-0.3, -0.25) is 0 Å². The molecule has 2 aromatic carbocycles. The van der Waals surface area contributed by atoms with E-state index in [0.29, 0.717) is 5.75 Å². The molecule has 2 rings (SSSR count). The van der Waals surface area contributed by atoms with Gasteiger partial charge in [-0.05, 0) is 80.5 Å². The fourth-order valence-electron chi connectivity index (χ4n) is 2.49. The van der Waals surface area contributed by atoms with Gasteiger partial charge in [0.05, 0.1) is 6.26 Å². The van der Waals surface area contributed by atoms with Crippen LogP contribution in [-0.4, -0.2) is 12.6 Å². The van der Waals surface area contributed by atoms with Crippen LogP contribution in [-0.2, 0) is 16.0 Å². The van der Waals surface area contributed by atoms with Crippen molar-refractivity contribution in [1.82, 2.24) is 0 Å². The van der Waals surface area contributed by atoms with Gasteiger partial charge in [-0.2, -0.15) is 0 Å². The van der Waals surface area contributed by atoms with E-state index in [2.05, 4.69) is 32.0 Å². The van der Waals surface area contributed by atoms with E-state index >= 15 is 0 Å². The Hall–Kier alpha value is -2.55. The lowest BCUT2D eigenvalue weighted by atomic mass is 10.0. The van der Waals surface area contributed by atoms with Gasteiger partial charge < -0.3 is 9.47 Å². The summed E-state index contributed by atoms with van der Waals surface area (Å²) in [4.78, 5) is 11.9. The van der Waals surface area contributed by atoms with Gasteiger partial charge in [0.15, 0.2) is 6.61 Å². The van der Waals surface area contributed by atoms with Crippen molar-refractivity contribution in [3.63, 3.8) is 0 Å². The number of rotatable bonds is 6. The van der Waals surface area contributed by atoms with Crippen molar-refractivity contribution in [2.24, 2.45) is 0 Å². The lowest BCUT2D eigenvalue weighted by Gasteiger charge is -2.10. The highest BCUT2D eigenvalue weighted by Crippen LogP contribution is 2.20. The molecule has 132 valence electrons. The first-order valence-electron chi connectivity index (χ1n) is 8.47. The first-order chi connectivity index (χ1) is 11.9. The molecule has 3 heteroatoms. The summed E-state index contributed by atoms with van der Waals surface area (Å²) in [6, 6.07) is 12.2. The lowest BCUT2D eigenvalue weighted by molar-refractivity contribution is -0.140. The molecule has 0 aromatic heterocycles. The Morgan fingerprint density at radius 3 is 2.48 bits per heavy atom. The van der Waals surface area contributed by atoms with Crippen molar-refractivity contribution in [3.05, 3.63) is 76.1 Å². The Labute approximate surface area is 150 Å². The Morgan fingerprint density at radius 1 is 1.00 bits per heavy atom. The maximum atomic E-state index is 11.9. The highest BCUT2D eigenvalue weighted by Gasteiger charge is 2.07. The average Bonchev–Trinajstić information content (AvgIpc) is 2.57. The second-order valence-corrected chi connectivity index (χ2v) is 6.54. The van der Waals surface area contributed by atoms with Crippen LogP contribution in [0.2, 0.25) is 0 Å². The highest BCUT2D eigenvalue weighted by atomic mass is 16.6. The Balaban J connectivity index is 1.86. The number of esters is 1. The van der Waals surface area contributed by atoms with Crippen LogP contribution in [0.15, 0.2) is 48.2 Å². The maximum absolute atomic E-state index is 11.9. The molecule has 0 unspecified atom stereocenters. The van der Waals surface area contributed by atoms with Gasteiger partial charge in [0, 0.05) is 0 Å². The second kappa shape index (κ2) is 8.52. The second-order valence-electron chi connectivity index (χ2n) is 6.54. The van der Waals surface area contributed by atoms with E-state index in [1.165, 1.54) is 23.0 Å². The van der Waals surface area contributed by atoms with Gasteiger partial charge in [0.25, 0.3) is 0 Å². The number of carbonyl (C=O) groups excluding carboxylic acids is 1. The van der Waals surface area contributed by atoms with E-state index in [4.69, 9.17) is 9.47 Å². The lowest BCUT2D eigenvalue weighted by Crippen LogP contribution is -2.13. The predicted octanol–water partition coefficient (Wildman–Crippen LogP) is 4.99. The van der Waals surface area contributed by atoms with Crippen LogP contribution in [0.5, 0.6) is 5.75 Å². The minimum Gasteiger partial charge on any atom is -0.482 e. The minimum absolute atomic E-state index is 0.0995. The van der Waals surface area contributed by atoms with Crippen LogP contribution < -0.4 is 4.74 Å². The van der Waals surface area contributed by atoms with Crippen LogP contribution in [0.3, 0.4) is 0 Å². The van der Waals surface area contributed by atoms with Crippen molar-refractivity contribution in [2.45, 2.75) is 41.0 Å². The van der Waals surface area contributed by atoms with Gasteiger partial charge >= 0.3 is 5.97 Å². The zero-order chi connectivity index (χ0) is 18.4. The summed E-state index contributed by atoms with van der Waals surface area (Å²) in [5.41, 5.74) is 6.92. The zero-order valence-corrected chi connectivity index (χ0v) is 15.7. The molecule has 0 aliphatic rings. The van der Waals surface area contributed by atoms with Crippen molar-refractivity contribution in [2.75, 3.05) is 6.61 Å². The number of allylic oxidation sites excluding steroid dienone is 1. The van der Waals surface area contributed by atoms with Crippen molar-refractivity contribution in [3.8, 4) is 5.75 Å². The van der Waals surface area contributed by atoms with Crippen LogP contribution in [0, 0.1) is 27.7 Å².